The highest BCUT2D eigenvalue weighted by Crippen LogP contribution is 2.31. The van der Waals surface area contributed by atoms with Crippen molar-refractivity contribution in [2.45, 2.75) is 18.6 Å². The summed E-state index contributed by atoms with van der Waals surface area (Å²) in [6.45, 7) is 2.21. The first-order chi connectivity index (χ1) is 12.7. The van der Waals surface area contributed by atoms with Gasteiger partial charge >= 0.3 is 0 Å². The molecule has 26 heavy (non-hydrogen) atoms. The predicted molar refractivity (Wildman–Crippen MR) is 96.6 cm³/mol. The van der Waals surface area contributed by atoms with Gasteiger partial charge in [0.1, 0.15) is 5.56 Å². The third-order valence-electron chi connectivity index (χ3n) is 5.09. The fourth-order valence-electron chi connectivity index (χ4n) is 3.70. The molecule has 0 N–H and O–H groups in total. The summed E-state index contributed by atoms with van der Waals surface area (Å²) in [6, 6.07) is 7.61. The quantitative estimate of drug-likeness (QED) is 0.653. The zero-order valence-corrected chi connectivity index (χ0v) is 14.8. The van der Waals surface area contributed by atoms with Gasteiger partial charge in [-0.3, -0.25) is 14.0 Å². The monoisotopic (exact) mass is 371 g/mol. The second-order valence-corrected chi connectivity index (χ2v) is 7.57. The molecule has 2 aliphatic heterocycles. The summed E-state index contributed by atoms with van der Waals surface area (Å²) < 4.78 is 13.9. The lowest BCUT2D eigenvalue weighted by Gasteiger charge is -2.37. The van der Waals surface area contributed by atoms with E-state index in [9.17, 15) is 9.59 Å². The fourth-order valence-corrected chi connectivity index (χ4v) is 4.69. The van der Waals surface area contributed by atoms with Gasteiger partial charge in [0.15, 0.2) is 10.7 Å². The van der Waals surface area contributed by atoms with E-state index >= 15 is 0 Å². The molecule has 4 heterocycles. The summed E-state index contributed by atoms with van der Waals surface area (Å²) in [4.78, 5) is 32.5. The van der Waals surface area contributed by atoms with Gasteiger partial charge in [0.25, 0.3) is 11.5 Å². The highest BCUT2D eigenvalue weighted by atomic mass is 32.1. The van der Waals surface area contributed by atoms with Crippen LogP contribution in [0.3, 0.4) is 0 Å². The summed E-state index contributed by atoms with van der Waals surface area (Å²) >= 11 is 1.44. The lowest BCUT2D eigenvalue weighted by atomic mass is 10.0. The van der Waals surface area contributed by atoms with Crippen LogP contribution in [0.5, 0.6) is 0 Å². The molecule has 134 valence electrons. The first kappa shape index (κ1) is 15.9. The largest absolute Gasteiger partial charge is 0.347 e. The maximum Gasteiger partial charge on any atom is 0.271 e. The van der Waals surface area contributed by atoms with E-state index in [4.69, 9.17) is 9.47 Å². The molecule has 8 heteroatoms. The van der Waals surface area contributed by atoms with Crippen LogP contribution in [0.4, 0.5) is 0 Å². The minimum atomic E-state index is -0.544. The number of rotatable bonds is 1. The Morgan fingerprint density at radius 2 is 1.88 bits per heavy atom. The average molecular weight is 371 g/mol. The summed E-state index contributed by atoms with van der Waals surface area (Å²) in [5.74, 6) is -0.822. The van der Waals surface area contributed by atoms with E-state index in [0.717, 1.165) is 10.2 Å². The van der Waals surface area contributed by atoms with Gasteiger partial charge in [0.05, 0.1) is 23.4 Å². The Morgan fingerprint density at radius 1 is 1.15 bits per heavy atom. The van der Waals surface area contributed by atoms with E-state index in [1.807, 2.05) is 24.3 Å². The van der Waals surface area contributed by atoms with Gasteiger partial charge in [0.2, 0.25) is 0 Å². The first-order valence-electron chi connectivity index (χ1n) is 8.63. The van der Waals surface area contributed by atoms with Crippen LogP contribution in [0.25, 0.3) is 15.2 Å². The highest BCUT2D eigenvalue weighted by Gasteiger charge is 2.41. The second kappa shape index (κ2) is 5.87. The van der Waals surface area contributed by atoms with Crippen molar-refractivity contribution in [2.24, 2.45) is 0 Å². The average Bonchev–Trinajstić information content (AvgIpc) is 3.27. The zero-order valence-electron chi connectivity index (χ0n) is 14.0. The number of benzene rings is 1. The van der Waals surface area contributed by atoms with Crippen LogP contribution in [0.2, 0.25) is 0 Å². The molecule has 1 aromatic carbocycles. The third-order valence-corrected chi connectivity index (χ3v) is 6.13. The Bertz CT molecular complexity index is 1060. The van der Waals surface area contributed by atoms with Gasteiger partial charge in [-0.1, -0.05) is 23.5 Å². The molecule has 0 bridgehead atoms. The number of likely N-dealkylation sites (tertiary alicyclic amines) is 1. The van der Waals surface area contributed by atoms with Crippen molar-refractivity contribution in [2.75, 3.05) is 26.3 Å². The van der Waals surface area contributed by atoms with Gasteiger partial charge in [-0.25, -0.2) is 4.98 Å². The molecule has 7 nitrogen and oxygen atoms in total. The third kappa shape index (κ3) is 2.37. The number of carbonyl (C=O) groups is 1. The van der Waals surface area contributed by atoms with E-state index in [-0.39, 0.29) is 17.0 Å². The van der Waals surface area contributed by atoms with Gasteiger partial charge < -0.3 is 14.4 Å². The van der Waals surface area contributed by atoms with Crippen molar-refractivity contribution in [1.82, 2.24) is 14.3 Å². The fraction of sp³-hybridized carbons (Fsp3) is 0.389. The van der Waals surface area contributed by atoms with Crippen molar-refractivity contribution >= 4 is 32.4 Å². The molecule has 1 amide bonds. The Balaban J connectivity index is 1.49. The summed E-state index contributed by atoms with van der Waals surface area (Å²) in [5, 5.41) is 0. The molecule has 0 saturated carbocycles. The van der Waals surface area contributed by atoms with Gasteiger partial charge in [0, 0.05) is 32.1 Å². The van der Waals surface area contributed by atoms with E-state index in [1.165, 1.54) is 21.9 Å². The molecule has 0 unspecified atom stereocenters. The minimum Gasteiger partial charge on any atom is -0.347 e. The number of aromatic nitrogens is 2. The van der Waals surface area contributed by atoms with Gasteiger partial charge in [-0.15, -0.1) is 0 Å². The zero-order chi connectivity index (χ0) is 17.7. The van der Waals surface area contributed by atoms with Crippen molar-refractivity contribution in [1.29, 1.82) is 0 Å². The Morgan fingerprint density at radius 3 is 2.65 bits per heavy atom. The lowest BCUT2D eigenvalue weighted by molar-refractivity contribution is -0.181. The van der Waals surface area contributed by atoms with Crippen LogP contribution in [0.1, 0.15) is 23.2 Å². The molecule has 2 aromatic heterocycles. The number of piperidine rings is 1. The van der Waals surface area contributed by atoms with Gasteiger partial charge in [-0.05, 0) is 12.1 Å². The topological polar surface area (TPSA) is 73.1 Å². The summed E-state index contributed by atoms with van der Waals surface area (Å²) in [6.07, 6.45) is 2.65. The number of hydrogen-bond donors (Lipinski definition) is 0. The highest BCUT2D eigenvalue weighted by molar-refractivity contribution is 7.23. The van der Waals surface area contributed by atoms with Crippen LogP contribution in [0.15, 0.2) is 35.3 Å². The maximum absolute atomic E-state index is 13.0. The Kier molecular flexibility index (Phi) is 3.59. The Labute approximate surface area is 152 Å². The summed E-state index contributed by atoms with van der Waals surface area (Å²) in [5.41, 5.74) is 0.575. The van der Waals surface area contributed by atoms with E-state index in [1.54, 1.807) is 4.90 Å². The second-order valence-electron chi connectivity index (χ2n) is 6.56. The molecule has 0 atom stereocenters. The number of hydrogen-bond acceptors (Lipinski definition) is 6. The summed E-state index contributed by atoms with van der Waals surface area (Å²) in [7, 11) is 0. The molecule has 1 spiro atoms. The van der Waals surface area contributed by atoms with E-state index < -0.39 is 5.79 Å². The minimum absolute atomic E-state index is 0.107. The molecule has 2 aliphatic rings. The van der Waals surface area contributed by atoms with Crippen LogP contribution >= 0.6 is 11.3 Å². The Hall–Kier alpha value is -2.29. The van der Waals surface area contributed by atoms with Crippen LogP contribution in [-0.4, -0.2) is 52.3 Å². The number of thiazole rings is 1. The molecular weight excluding hydrogens is 354 g/mol. The number of carbonyl (C=O) groups excluding carboxylic acids is 1. The van der Waals surface area contributed by atoms with Gasteiger partial charge in [-0.2, -0.15) is 0 Å². The van der Waals surface area contributed by atoms with Crippen molar-refractivity contribution in [3.05, 3.63) is 46.4 Å². The predicted octanol–water partition coefficient (Wildman–Crippen LogP) is 1.89. The normalized spacial score (nSPS) is 19.6. The SMILES string of the molecule is O=C(c1cnc2sc3ccccc3n2c1=O)N1CCC2(CC1)OCCO2. The lowest BCUT2D eigenvalue weighted by Crippen LogP contribution is -2.48. The molecule has 2 fully saturated rings. The first-order valence-corrected chi connectivity index (χ1v) is 9.45. The van der Waals surface area contributed by atoms with Crippen molar-refractivity contribution in [3.8, 4) is 0 Å². The van der Waals surface area contributed by atoms with Crippen molar-refractivity contribution < 1.29 is 14.3 Å². The molecule has 3 aromatic rings. The number of ether oxygens (including phenoxy) is 2. The number of para-hydroxylation sites is 1. The standard InChI is InChI=1S/C18H17N3O4S/c22-15(20-7-5-18(6-8-20)24-9-10-25-18)12-11-19-17-21(16(12)23)13-3-1-2-4-14(13)26-17/h1-4,11H,5-10H2. The molecular formula is C18H17N3O4S. The van der Waals surface area contributed by atoms with Crippen LogP contribution in [-0.2, 0) is 9.47 Å². The van der Waals surface area contributed by atoms with Crippen LogP contribution in [0, 0.1) is 0 Å². The van der Waals surface area contributed by atoms with Crippen molar-refractivity contribution in [3.63, 3.8) is 0 Å². The van der Waals surface area contributed by atoms with Crippen LogP contribution < -0.4 is 5.56 Å². The molecule has 0 radical (unpaired) electrons. The van der Waals surface area contributed by atoms with E-state index in [0.29, 0.717) is 44.1 Å². The molecule has 5 rings (SSSR count). The van der Waals surface area contributed by atoms with E-state index in [2.05, 4.69) is 4.98 Å². The number of amides is 1. The number of nitrogens with zero attached hydrogens (tertiary/aromatic N) is 3. The maximum atomic E-state index is 13.0. The molecule has 2 saturated heterocycles. The number of fused-ring (bicyclic) bond motifs is 3. The smallest absolute Gasteiger partial charge is 0.271 e. The molecule has 0 aliphatic carbocycles.